The van der Waals surface area contributed by atoms with Crippen LogP contribution in [0.2, 0.25) is 5.02 Å². The van der Waals surface area contributed by atoms with Gasteiger partial charge in [-0.15, -0.1) is 0 Å². The van der Waals surface area contributed by atoms with E-state index in [2.05, 4.69) is 15.5 Å². The second kappa shape index (κ2) is 8.78. The maximum atomic E-state index is 12.1. The first kappa shape index (κ1) is 18.4. The molecule has 1 saturated heterocycles. The minimum Gasteiger partial charge on any atom is -0.368 e. The molecule has 2 rings (SSSR count). The van der Waals surface area contributed by atoms with Crippen LogP contribution >= 0.6 is 11.6 Å². The van der Waals surface area contributed by atoms with Gasteiger partial charge in [0, 0.05) is 43.4 Å². The fraction of sp³-hybridized carbons (Fsp3) is 0.529. The first-order valence-electron chi connectivity index (χ1n) is 8.25. The number of carbonyl (C=O) groups is 2. The number of nitrogens with zero attached hydrogens (tertiary/aromatic N) is 2. The lowest BCUT2D eigenvalue weighted by Crippen LogP contribution is -2.53. The van der Waals surface area contributed by atoms with Crippen LogP contribution in [0.1, 0.15) is 13.8 Å². The van der Waals surface area contributed by atoms with Gasteiger partial charge in [0.15, 0.2) is 0 Å². The van der Waals surface area contributed by atoms with Crippen molar-refractivity contribution >= 4 is 29.2 Å². The standard InChI is InChI=1S/C17H25ClN4O2/c1-13(2)11-19-16(23)12-20-17(24)22-8-6-21(7-9-22)15-5-3-4-14(18)10-15/h3-5,10,13H,6-9,11-12H2,1-2H3,(H,19,23)(H,20,24). The van der Waals surface area contributed by atoms with Gasteiger partial charge in [-0.2, -0.15) is 0 Å². The van der Waals surface area contributed by atoms with E-state index < -0.39 is 0 Å². The number of hydrogen-bond acceptors (Lipinski definition) is 3. The van der Waals surface area contributed by atoms with Crippen LogP contribution in [0.15, 0.2) is 24.3 Å². The molecule has 1 aliphatic rings. The predicted octanol–water partition coefficient (Wildman–Crippen LogP) is 1.94. The van der Waals surface area contributed by atoms with Gasteiger partial charge < -0.3 is 20.4 Å². The number of hydrogen-bond donors (Lipinski definition) is 2. The third kappa shape index (κ3) is 5.60. The van der Waals surface area contributed by atoms with Crippen LogP contribution in [0, 0.1) is 5.92 Å². The molecule has 1 aromatic carbocycles. The molecule has 24 heavy (non-hydrogen) atoms. The zero-order valence-electron chi connectivity index (χ0n) is 14.2. The minimum absolute atomic E-state index is 0.0139. The molecule has 2 N–H and O–H groups in total. The van der Waals surface area contributed by atoms with E-state index in [1.54, 1.807) is 4.90 Å². The smallest absolute Gasteiger partial charge is 0.317 e. The Morgan fingerprint density at radius 2 is 1.88 bits per heavy atom. The van der Waals surface area contributed by atoms with E-state index in [0.717, 1.165) is 18.8 Å². The SMILES string of the molecule is CC(C)CNC(=O)CNC(=O)N1CCN(c2cccc(Cl)c2)CC1. The average molecular weight is 353 g/mol. The summed E-state index contributed by atoms with van der Waals surface area (Å²) in [7, 11) is 0. The highest BCUT2D eigenvalue weighted by Crippen LogP contribution is 2.20. The van der Waals surface area contributed by atoms with E-state index in [1.807, 2.05) is 38.1 Å². The summed E-state index contributed by atoms with van der Waals surface area (Å²) >= 11 is 6.02. The molecule has 0 aliphatic carbocycles. The Morgan fingerprint density at radius 1 is 1.17 bits per heavy atom. The predicted molar refractivity (Wildman–Crippen MR) is 96.5 cm³/mol. The lowest BCUT2D eigenvalue weighted by molar-refractivity contribution is -0.120. The van der Waals surface area contributed by atoms with Gasteiger partial charge in [0.25, 0.3) is 0 Å². The van der Waals surface area contributed by atoms with E-state index in [0.29, 0.717) is 30.6 Å². The van der Waals surface area contributed by atoms with Crippen molar-refractivity contribution in [1.82, 2.24) is 15.5 Å². The van der Waals surface area contributed by atoms with Crippen molar-refractivity contribution in [3.8, 4) is 0 Å². The van der Waals surface area contributed by atoms with Gasteiger partial charge in [-0.05, 0) is 24.1 Å². The zero-order valence-corrected chi connectivity index (χ0v) is 15.0. The van der Waals surface area contributed by atoms with E-state index in [-0.39, 0.29) is 18.5 Å². The summed E-state index contributed by atoms with van der Waals surface area (Å²) in [6, 6.07) is 7.52. The average Bonchev–Trinajstić information content (AvgIpc) is 2.58. The van der Waals surface area contributed by atoms with Crippen LogP contribution in [-0.2, 0) is 4.79 Å². The van der Waals surface area contributed by atoms with Crippen molar-refractivity contribution in [3.63, 3.8) is 0 Å². The van der Waals surface area contributed by atoms with E-state index in [4.69, 9.17) is 11.6 Å². The van der Waals surface area contributed by atoms with E-state index in [9.17, 15) is 9.59 Å². The van der Waals surface area contributed by atoms with Crippen molar-refractivity contribution in [2.45, 2.75) is 13.8 Å². The number of amides is 3. The summed E-state index contributed by atoms with van der Waals surface area (Å²) in [6.07, 6.45) is 0. The highest BCUT2D eigenvalue weighted by molar-refractivity contribution is 6.30. The van der Waals surface area contributed by atoms with Crippen molar-refractivity contribution in [2.75, 3.05) is 44.2 Å². The largest absolute Gasteiger partial charge is 0.368 e. The fourth-order valence-electron chi connectivity index (χ4n) is 2.49. The van der Waals surface area contributed by atoms with Crippen LogP contribution in [0.25, 0.3) is 0 Å². The quantitative estimate of drug-likeness (QED) is 0.851. The van der Waals surface area contributed by atoms with Crippen molar-refractivity contribution < 1.29 is 9.59 Å². The molecule has 6 nitrogen and oxygen atoms in total. The molecule has 0 unspecified atom stereocenters. The van der Waals surface area contributed by atoms with E-state index >= 15 is 0 Å². The van der Waals surface area contributed by atoms with Crippen LogP contribution in [0.5, 0.6) is 0 Å². The molecule has 0 saturated carbocycles. The van der Waals surface area contributed by atoms with Gasteiger partial charge in [0.1, 0.15) is 0 Å². The van der Waals surface area contributed by atoms with Gasteiger partial charge in [0.05, 0.1) is 6.54 Å². The molecule has 1 fully saturated rings. The monoisotopic (exact) mass is 352 g/mol. The van der Waals surface area contributed by atoms with Gasteiger partial charge >= 0.3 is 6.03 Å². The molecule has 1 aliphatic heterocycles. The molecular weight excluding hydrogens is 328 g/mol. The lowest BCUT2D eigenvalue weighted by Gasteiger charge is -2.36. The minimum atomic E-state index is -0.194. The Bertz CT molecular complexity index is 571. The van der Waals surface area contributed by atoms with Gasteiger partial charge in [-0.3, -0.25) is 4.79 Å². The molecule has 132 valence electrons. The molecule has 7 heteroatoms. The van der Waals surface area contributed by atoms with Crippen molar-refractivity contribution in [3.05, 3.63) is 29.3 Å². The first-order chi connectivity index (χ1) is 11.5. The van der Waals surface area contributed by atoms with Crippen molar-refractivity contribution in [2.24, 2.45) is 5.92 Å². The Morgan fingerprint density at radius 3 is 2.50 bits per heavy atom. The molecule has 0 atom stereocenters. The summed E-state index contributed by atoms with van der Waals surface area (Å²) in [5, 5.41) is 6.16. The number of carbonyl (C=O) groups excluding carboxylic acids is 2. The fourth-order valence-corrected chi connectivity index (χ4v) is 2.67. The second-order valence-electron chi connectivity index (χ2n) is 6.31. The van der Waals surface area contributed by atoms with Crippen LogP contribution in [-0.4, -0.2) is 56.1 Å². The third-order valence-corrected chi connectivity index (χ3v) is 4.08. The van der Waals surface area contributed by atoms with E-state index in [1.165, 1.54) is 0 Å². The molecule has 0 bridgehead atoms. The van der Waals surface area contributed by atoms with Gasteiger partial charge in [-0.25, -0.2) is 4.79 Å². The van der Waals surface area contributed by atoms with Gasteiger partial charge in [0.2, 0.25) is 5.91 Å². The highest BCUT2D eigenvalue weighted by Gasteiger charge is 2.21. The van der Waals surface area contributed by atoms with Crippen LogP contribution in [0.4, 0.5) is 10.5 Å². The summed E-state index contributed by atoms with van der Waals surface area (Å²) in [6.45, 7) is 7.40. The Kier molecular flexibility index (Phi) is 6.73. The molecule has 3 amide bonds. The molecular formula is C17H25ClN4O2. The number of urea groups is 1. The molecule has 0 spiro atoms. The normalized spacial score (nSPS) is 14.7. The molecule has 0 aromatic heterocycles. The number of benzene rings is 1. The summed E-state index contributed by atoms with van der Waals surface area (Å²) in [5.74, 6) is 0.235. The number of halogens is 1. The summed E-state index contributed by atoms with van der Waals surface area (Å²) < 4.78 is 0. The Labute approximate surface area is 148 Å². The summed E-state index contributed by atoms with van der Waals surface area (Å²) in [4.78, 5) is 27.7. The number of rotatable bonds is 5. The summed E-state index contributed by atoms with van der Waals surface area (Å²) in [5.41, 5.74) is 1.07. The van der Waals surface area contributed by atoms with Crippen LogP contribution < -0.4 is 15.5 Å². The maximum absolute atomic E-state index is 12.1. The van der Waals surface area contributed by atoms with Crippen molar-refractivity contribution in [1.29, 1.82) is 0 Å². The number of piperazine rings is 1. The zero-order chi connectivity index (χ0) is 17.5. The first-order valence-corrected chi connectivity index (χ1v) is 8.63. The molecule has 1 heterocycles. The molecule has 0 radical (unpaired) electrons. The lowest BCUT2D eigenvalue weighted by atomic mass is 10.2. The maximum Gasteiger partial charge on any atom is 0.317 e. The highest BCUT2D eigenvalue weighted by atomic mass is 35.5. The topological polar surface area (TPSA) is 64.7 Å². The Balaban J connectivity index is 1.73. The second-order valence-corrected chi connectivity index (χ2v) is 6.75. The van der Waals surface area contributed by atoms with Gasteiger partial charge in [-0.1, -0.05) is 31.5 Å². The number of nitrogens with one attached hydrogen (secondary N) is 2. The Hall–Kier alpha value is -1.95. The molecule has 1 aromatic rings. The number of anilines is 1. The third-order valence-electron chi connectivity index (χ3n) is 3.85. The van der Waals surface area contributed by atoms with Crippen LogP contribution in [0.3, 0.4) is 0 Å².